The molecule has 7 heteroatoms. The summed E-state index contributed by atoms with van der Waals surface area (Å²) in [6, 6.07) is 0. The predicted octanol–water partition coefficient (Wildman–Crippen LogP) is 3.66. The molecule has 0 unspecified atom stereocenters. The second-order valence-electron chi connectivity index (χ2n) is 3.22. The molecule has 0 saturated heterocycles. The summed E-state index contributed by atoms with van der Waals surface area (Å²) in [7, 11) is 0. The lowest BCUT2D eigenvalue weighted by molar-refractivity contribution is -0.168. The van der Waals surface area contributed by atoms with Crippen molar-refractivity contribution in [2.45, 2.75) is 25.6 Å². The molecule has 0 aliphatic heterocycles. The molecule has 0 atom stereocenters. The van der Waals surface area contributed by atoms with Crippen LogP contribution < -0.4 is 5.32 Å². The van der Waals surface area contributed by atoms with Crippen LogP contribution in [0.4, 0.5) is 18.3 Å². The highest BCUT2D eigenvalue weighted by Gasteiger charge is 2.47. The first kappa shape index (κ1) is 11.8. The lowest BCUT2D eigenvalue weighted by atomic mass is 10.1. The molecule has 2 nitrogen and oxygen atoms in total. The molecule has 0 aliphatic rings. The summed E-state index contributed by atoms with van der Waals surface area (Å²) < 4.78 is 37.8. The van der Waals surface area contributed by atoms with E-state index in [0.29, 0.717) is 4.60 Å². The molecule has 0 aromatic carbocycles. The molecule has 0 radical (unpaired) electrons. The average molecular weight is 289 g/mol. The Hall–Kier alpha value is -0.300. The van der Waals surface area contributed by atoms with E-state index in [1.165, 1.54) is 0 Å². The van der Waals surface area contributed by atoms with Gasteiger partial charge in [-0.2, -0.15) is 13.2 Å². The van der Waals surface area contributed by atoms with Crippen molar-refractivity contribution in [2.24, 2.45) is 0 Å². The molecule has 1 heterocycles. The van der Waals surface area contributed by atoms with Crippen LogP contribution in [0, 0.1) is 0 Å². The molecule has 14 heavy (non-hydrogen) atoms. The zero-order valence-electron chi connectivity index (χ0n) is 7.44. The van der Waals surface area contributed by atoms with E-state index in [2.05, 4.69) is 26.2 Å². The molecule has 80 valence electrons. The molecular weight excluding hydrogens is 281 g/mol. The van der Waals surface area contributed by atoms with E-state index >= 15 is 0 Å². The van der Waals surface area contributed by atoms with Crippen LogP contribution in [0.2, 0.25) is 0 Å². The fourth-order valence-corrected chi connectivity index (χ4v) is 1.95. The topological polar surface area (TPSA) is 24.9 Å². The van der Waals surface area contributed by atoms with E-state index in [-0.39, 0.29) is 5.13 Å². The maximum Gasteiger partial charge on any atom is 0.410 e. The lowest BCUT2D eigenvalue weighted by Gasteiger charge is -2.28. The number of nitrogens with one attached hydrogen (secondary N) is 1. The van der Waals surface area contributed by atoms with Crippen molar-refractivity contribution in [3.63, 3.8) is 0 Å². The smallest absolute Gasteiger partial charge is 0.348 e. The third kappa shape index (κ3) is 2.60. The molecule has 0 bridgehead atoms. The van der Waals surface area contributed by atoms with Crippen molar-refractivity contribution >= 4 is 32.4 Å². The summed E-state index contributed by atoms with van der Waals surface area (Å²) in [6.07, 6.45) is -4.30. The van der Waals surface area contributed by atoms with Crippen LogP contribution in [-0.2, 0) is 0 Å². The second kappa shape index (κ2) is 3.69. The van der Waals surface area contributed by atoms with Crippen LogP contribution in [0.15, 0.2) is 9.98 Å². The van der Waals surface area contributed by atoms with Gasteiger partial charge in [0.05, 0.1) is 0 Å². The number of rotatable bonds is 2. The molecule has 1 N–H and O–H groups in total. The van der Waals surface area contributed by atoms with Crippen LogP contribution >= 0.6 is 27.3 Å². The first-order valence-electron chi connectivity index (χ1n) is 3.68. The normalized spacial score (nSPS) is 13.0. The predicted molar refractivity (Wildman–Crippen MR) is 53.6 cm³/mol. The minimum absolute atomic E-state index is 0.249. The number of anilines is 1. The molecule has 0 saturated carbocycles. The van der Waals surface area contributed by atoms with E-state index in [4.69, 9.17) is 0 Å². The third-order valence-electron chi connectivity index (χ3n) is 1.60. The van der Waals surface area contributed by atoms with Gasteiger partial charge in [-0.1, -0.05) is 0 Å². The molecule has 0 aliphatic carbocycles. The van der Waals surface area contributed by atoms with Gasteiger partial charge in [0.15, 0.2) is 5.13 Å². The molecule has 0 amide bonds. The molecule has 1 rings (SSSR count). The number of hydrogen-bond donors (Lipinski definition) is 1. The summed E-state index contributed by atoms with van der Waals surface area (Å²) in [5.74, 6) is 0. The fraction of sp³-hybridized carbons (Fsp3) is 0.571. The third-order valence-corrected chi connectivity index (χ3v) is 3.07. The highest BCUT2D eigenvalue weighted by atomic mass is 79.9. The average Bonchev–Trinajstić information content (AvgIpc) is 2.31. The van der Waals surface area contributed by atoms with Crippen LogP contribution in [0.3, 0.4) is 0 Å². The Labute approximate surface area is 91.7 Å². The van der Waals surface area contributed by atoms with Crippen molar-refractivity contribution in [3.8, 4) is 0 Å². The van der Waals surface area contributed by atoms with Crippen molar-refractivity contribution in [1.82, 2.24) is 4.98 Å². The highest BCUT2D eigenvalue weighted by Crippen LogP contribution is 2.34. The van der Waals surface area contributed by atoms with Gasteiger partial charge in [-0.15, -0.1) is 11.3 Å². The van der Waals surface area contributed by atoms with E-state index in [1.54, 1.807) is 5.38 Å². The largest absolute Gasteiger partial charge is 0.410 e. The molecular formula is C7H8BrF3N2S. The van der Waals surface area contributed by atoms with Gasteiger partial charge in [0.25, 0.3) is 0 Å². The SMILES string of the molecule is CC(C)(Nc1nc(Br)cs1)C(F)(F)F. The quantitative estimate of drug-likeness (QED) is 0.898. The van der Waals surface area contributed by atoms with Gasteiger partial charge in [0.2, 0.25) is 0 Å². The number of alkyl halides is 3. The van der Waals surface area contributed by atoms with E-state index in [1.807, 2.05) is 0 Å². The van der Waals surface area contributed by atoms with Gasteiger partial charge in [-0.3, -0.25) is 0 Å². The summed E-state index contributed by atoms with van der Waals surface area (Å²) >= 11 is 4.19. The standard InChI is InChI=1S/C7H8BrF3N2S/c1-6(2,7(9,10)11)13-5-12-4(8)3-14-5/h3H,1-2H3,(H,12,13). The number of thiazole rings is 1. The van der Waals surface area contributed by atoms with Crippen molar-refractivity contribution in [3.05, 3.63) is 9.98 Å². The van der Waals surface area contributed by atoms with Crippen molar-refractivity contribution < 1.29 is 13.2 Å². The zero-order valence-corrected chi connectivity index (χ0v) is 9.85. The Kier molecular flexibility index (Phi) is 3.10. The second-order valence-corrected chi connectivity index (χ2v) is 4.89. The Bertz CT molecular complexity index is 321. The Morgan fingerprint density at radius 3 is 2.36 bits per heavy atom. The van der Waals surface area contributed by atoms with Crippen molar-refractivity contribution in [1.29, 1.82) is 0 Å². The van der Waals surface area contributed by atoms with E-state index in [0.717, 1.165) is 25.2 Å². The molecule has 1 aromatic heterocycles. The summed E-state index contributed by atoms with van der Waals surface area (Å²) in [6.45, 7) is 2.14. The Balaban J connectivity index is 2.78. The minimum atomic E-state index is -4.30. The van der Waals surface area contributed by atoms with Gasteiger partial charge in [-0.25, -0.2) is 4.98 Å². The maximum absolute atomic E-state index is 12.4. The summed E-state index contributed by atoms with van der Waals surface area (Å²) in [5, 5.41) is 4.20. The Morgan fingerprint density at radius 1 is 1.43 bits per heavy atom. The molecule has 0 spiro atoms. The van der Waals surface area contributed by atoms with Gasteiger partial charge in [0.1, 0.15) is 10.1 Å². The number of halogens is 4. The van der Waals surface area contributed by atoms with Gasteiger partial charge in [0, 0.05) is 5.38 Å². The van der Waals surface area contributed by atoms with Crippen LogP contribution in [0.5, 0.6) is 0 Å². The number of aromatic nitrogens is 1. The summed E-state index contributed by atoms with van der Waals surface area (Å²) in [5.41, 5.74) is -1.97. The van der Waals surface area contributed by atoms with Crippen molar-refractivity contribution in [2.75, 3.05) is 5.32 Å². The summed E-state index contributed by atoms with van der Waals surface area (Å²) in [4.78, 5) is 3.83. The fourth-order valence-electron chi connectivity index (χ4n) is 0.650. The van der Waals surface area contributed by atoms with Crippen LogP contribution in [0.25, 0.3) is 0 Å². The minimum Gasteiger partial charge on any atom is -0.348 e. The molecule has 0 fully saturated rings. The van der Waals surface area contributed by atoms with Gasteiger partial charge in [-0.05, 0) is 29.8 Å². The van der Waals surface area contributed by atoms with Crippen LogP contribution in [-0.4, -0.2) is 16.7 Å². The first-order valence-corrected chi connectivity index (χ1v) is 5.35. The maximum atomic E-state index is 12.4. The number of hydrogen-bond acceptors (Lipinski definition) is 3. The lowest BCUT2D eigenvalue weighted by Crippen LogP contribution is -2.46. The zero-order chi connectivity index (χ0) is 11.0. The Morgan fingerprint density at radius 2 is 2.00 bits per heavy atom. The number of nitrogens with zero attached hydrogens (tertiary/aromatic N) is 1. The van der Waals surface area contributed by atoms with Gasteiger partial charge >= 0.3 is 6.18 Å². The van der Waals surface area contributed by atoms with Gasteiger partial charge < -0.3 is 5.32 Å². The first-order chi connectivity index (χ1) is 6.22. The van der Waals surface area contributed by atoms with Crippen LogP contribution in [0.1, 0.15) is 13.8 Å². The monoisotopic (exact) mass is 288 g/mol. The van der Waals surface area contributed by atoms with E-state index in [9.17, 15) is 13.2 Å². The highest BCUT2D eigenvalue weighted by molar-refractivity contribution is 9.10. The molecule has 1 aromatic rings. The van der Waals surface area contributed by atoms with E-state index < -0.39 is 11.7 Å².